The molecule has 0 spiro atoms. The van der Waals surface area contributed by atoms with Gasteiger partial charge in [0, 0.05) is 6.54 Å². The number of hydrogen-bond donors (Lipinski definition) is 4. The molecule has 0 aromatic heterocycles. The lowest BCUT2D eigenvalue weighted by molar-refractivity contribution is -0.140. The predicted octanol–water partition coefficient (Wildman–Crippen LogP) is -1.27. The molecule has 0 rings (SSSR count). The molecule has 0 fully saturated rings. The maximum atomic E-state index is 11.7. The van der Waals surface area contributed by atoms with Crippen molar-refractivity contribution in [3.05, 3.63) is 0 Å². The second kappa shape index (κ2) is 8.29. The number of amides is 3. The van der Waals surface area contributed by atoms with Crippen LogP contribution in [0.4, 0.5) is 4.79 Å². The summed E-state index contributed by atoms with van der Waals surface area (Å²) in [6.07, 6.45) is 1.47. The first-order chi connectivity index (χ1) is 8.42. The minimum Gasteiger partial charge on any atom is -0.480 e. The lowest BCUT2D eigenvalue weighted by Gasteiger charge is -2.23. The number of urea groups is 1. The van der Waals surface area contributed by atoms with Gasteiger partial charge in [0.2, 0.25) is 5.91 Å². The van der Waals surface area contributed by atoms with E-state index in [9.17, 15) is 14.4 Å². The summed E-state index contributed by atoms with van der Waals surface area (Å²) in [5.74, 6) is -2.03. The summed E-state index contributed by atoms with van der Waals surface area (Å²) in [4.78, 5) is 34.3. The zero-order chi connectivity index (χ0) is 14.1. The van der Waals surface area contributed by atoms with Crippen molar-refractivity contribution in [2.45, 2.75) is 25.8 Å². The zero-order valence-electron chi connectivity index (χ0n) is 10.3. The maximum absolute atomic E-state index is 11.7. The highest BCUT2D eigenvalue weighted by Gasteiger charge is 2.22. The van der Waals surface area contributed by atoms with Gasteiger partial charge in [0.25, 0.3) is 0 Å². The van der Waals surface area contributed by atoms with E-state index in [0.717, 1.165) is 11.3 Å². The molecule has 0 saturated carbocycles. The quantitative estimate of drug-likeness (QED) is 0.432. The molecule has 0 unspecified atom stereocenters. The molecule has 0 aromatic rings. The Morgan fingerprint density at radius 3 is 2.39 bits per heavy atom. The standard InChI is InChI=1S/C10H19N3O5/c1-2-3-4-13(5-8(11)15)10(18)12-7(6-14)9(16)17/h7,14H,2-6H2,1H3,(H2,11,15)(H,12,18)(H,16,17)/t7-/m1/s1. The Bertz CT molecular complexity index is 308. The Morgan fingerprint density at radius 2 is 2.00 bits per heavy atom. The smallest absolute Gasteiger partial charge is 0.328 e. The molecule has 5 N–H and O–H groups in total. The van der Waals surface area contributed by atoms with Crippen LogP contribution in [0, 0.1) is 0 Å². The summed E-state index contributed by atoms with van der Waals surface area (Å²) >= 11 is 0. The van der Waals surface area contributed by atoms with E-state index in [-0.39, 0.29) is 6.54 Å². The van der Waals surface area contributed by atoms with Gasteiger partial charge in [0.1, 0.15) is 6.54 Å². The lowest BCUT2D eigenvalue weighted by Crippen LogP contribution is -2.51. The van der Waals surface area contributed by atoms with E-state index in [4.69, 9.17) is 15.9 Å². The maximum Gasteiger partial charge on any atom is 0.328 e. The molecular weight excluding hydrogens is 242 g/mol. The van der Waals surface area contributed by atoms with E-state index in [1.165, 1.54) is 0 Å². The van der Waals surface area contributed by atoms with E-state index < -0.39 is 30.6 Å². The third-order valence-electron chi connectivity index (χ3n) is 2.19. The van der Waals surface area contributed by atoms with Crippen LogP contribution in [-0.4, -0.2) is 58.8 Å². The normalized spacial score (nSPS) is 11.7. The van der Waals surface area contributed by atoms with Crippen LogP contribution >= 0.6 is 0 Å². The predicted molar refractivity (Wildman–Crippen MR) is 62.7 cm³/mol. The zero-order valence-corrected chi connectivity index (χ0v) is 10.3. The average Bonchev–Trinajstić information content (AvgIpc) is 2.30. The van der Waals surface area contributed by atoms with E-state index in [1.807, 2.05) is 6.92 Å². The second-order valence-corrected chi connectivity index (χ2v) is 3.76. The Labute approximate surface area is 105 Å². The third kappa shape index (κ3) is 6.04. The molecule has 0 aromatic carbocycles. The van der Waals surface area contributed by atoms with Crippen molar-refractivity contribution < 1.29 is 24.6 Å². The number of aliphatic hydroxyl groups is 1. The molecule has 18 heavy (non-hydrogen) atoms. The lowest BCUT2D eigenvalue weighted by atomic mass is 10.3. The summed E-state index contributed by atoms with van der Waals surface area (Å²) in [7, 11) is 0. The molecule has 0 heterocycles. The monoisotopic (exact) mass is 261 g/mol. The summed E-state index contributed by atoms with van der Waals surface area (Å²) in [6.45, 7) is 1.19. The fourth-order valence-electron chi connectivity index (χ4n) is 1.22. The summed E-state index contributed by atoms with van der Waals surface area (Å²) in [5.41, 5.74) is 5.00. The number of nitrogens with two attached hydrogens (primary N) is 1. The number of carbonyl (C=O) groups is 3. The fourth-order valence-corrected chi connectivity index (χ4v) is 1.22. The first-order valence-corrected chi connectivity index (χ1v) is 5.59. The average molecular weight is 261 g/mol. The van der Waals surface area contributed by atoms with Gasteiger partial charge in [-0.05, 0) is 6.42 Å². The Morgan fingerprint density at radius 1 is 1.39 bits per heavy atom. The largest absolute Gasteiger partial charge is 0.480 e. The molecular formula is C10H19N3O5. The first kappa shape index (κ1) is 16.2. The minimum atomic E-state index is -1.39. The van der Waals surface area contributed by atoms with Gasteiger partial charge < -0.3 is 26.2 Å². The number of aliphatic carboxylic acids is 1. The van der Waals surface area contributed by atoms with Crippen molar-refractivity contribution in [3.63, 3.8) is 0 Å². The van der Waals surface area contributed by atoms with Crippen molar-refractivity contribution in [1.29, 1.82) is 0 Å². The molecule has 0 saturated heterocycles. The molecule has 0 bridgehead atoms. The van der Waals surface area contributed by atoms with Gasteiger partial charge in [-0.2, -0.15) is 0 Å². The molecule has 8 nitrogen and oxygen atoms in total. The van der Waals surface area contributed by atoms with Crippen LogP contribution in [0.25, 0.3) is 0 Å². The summed E-state index contributed by atoms with van der Waals surface area (Å²) < 4.78 is 0. The Hall–Kier alpha value is -1.83. The number of carbonyl (C=O) groups excluding carboxylic acids is 2. The van der Waals surface area contributed by atoms with Gasteiger partial charge in [0.15, 0.2) is 6.04 Å². The van der Waals surface area contributed by atoms with Gasteiger partial charge in [0.05, 0.1) is 6.61 Å². The van der Waals surface area contributed by atoms with Crippen molar-refractivity contribution >= 4 is 17.9 Å². The van der Waals surface area contributed by atoms with Crippen LogP contribution in [0.1, 0.15) is 19.8 Å². The molecule has 0 aliphatic rings. The minimum absolute atomic E-state index is 0.288. The number of nitrogens with zero attached hydrogens (tertiary/aromatic N) is 1. The summed E-state index contributed by atoms with van der Waals surface area (Å²) in [6, 6.07) is -2.13. The van der Waals surface area contributed by atoms with E-state index in [0.29, 0.717) is 13.0 Å². The molecule has 3 amide bonds. The van der Waals surface area contributed by atoms with Crippen LogP contribution in [0.15, 0.2) is 0 Å². The number of hydrogen-bond acceptors (Lipinski definition) is 4. The number of nitrogens with one attached hydrogen (secondary N) is 1. The van der Waals surface area contributed by atoms with E-state index >= 15 is 0 Å². The second-order valence-electron chi connectivity index (χ2n) is 3.76. The van der Waals surface area contributed by atoms with E-state index in [2.05, 4.69) is 5.32 Å². The highest BCUT2D eigenvalue weighted by Crippen LogP contribution is 1.97. The van der Waals surface area contributed by atoms with E-state index in [1.54, 1.807) is 0 Å². The van der Waals surface area contributed by atoms with Gasteiger partial charge in [-0.15, -0.1) is 0 Å². The summed E-state index contributed by atoms with van der Waals surface area (Å²) in [5, 5.41) is 19.6. The highest BCUT2D eigenvalue weighted by atomic mass is 16.4. The van der Waals surface area contributed by atoms with Crippen LogP contribution in [0.2, 0.25) is 0 Å². The van der Waals surface area contributed by atoms with Crippen LogP contribution in [0.5, 0.6) is 0 Å². The fraction of sp³-hybridized carbons (Fsp3) is 0.700. The third-order valence-corrected chi connectivity index (χ3v) is 2.19. The number of aliphatic hydroxyl groups excluding tert-OH is 1. The molecule has 0 radical (unpaired) electrons. The molecule has 8 heteroatoms. The van der Waals surface area contributed by atoms with Crippen LogP contribution < -0.4 is 11.1 Å². The van der Waals surface area contributed by atoms with Crippen LogP contribution in [0.3, 0.4) is 0 Å². The molecule has 0 aliphatic carbocycles. The molecule has 104 valence electrons. The number of rotatable bonds is 8. The number of carboxylic acid groups (broad SMARTS) is 1. The topological polar surface area (TPSA) is 133 Å². The van der Waals surface area contributed by atoms with Gasteiger partial charge in [-0.1, -0.05) is 13.3 Å². The van der Waals surface area contributed by atoms with Crippen LogP contribution in [-0.2, 0) is 9.59 Å². The van der Waals surface area contributed by atoms with Crippen molar-refractivity contribution in [3.8, 4) is 0 Å². The number of unbranched alkanes of at least 4 members (excludes halogenated alkanes) is 1. The number of primary amides is 1. The highest BCUT2D eigenvalue weighted by molar-refractivity contribution is 5.86. The SMILES string of the molecule is CCCCN(CC(N)=O)C(=O)N[C@H](CO)C(=O)O. The number of carboxylic acids is 1. The van der Waals surface area contributed by atoms with Gasteiger partial charge in [-0.3, -0.25) is 4.79 Å². The Balaban J connectivity index is 4.52. The van der Waals surface area contributed by atoms with Gasteiger partial charge >= 0.3 is 12.0 Å². The first-order valence-electron chi connectivity index (χ1n) is 5.59. The van der Waals surface area contributed by atoms with Gasteiger partial charge in [-0.25, -0.2) is 9.59 Å². The van der Waals surface area contributed by atoms with Crippen molar-refractivity contribution in [1.82, 2.24) is 10.2 Å². The Kier molecular flexibility index (Phi) is 7.45. The van der Waals surface area contributed by atoms with Crippen molar-refractivity contribution in [2.24, 2.45) is 5.73 Å². The molecule has 1 atom stereocenters. The van der Waals surface area contributed by atoms with Crippen molar-refractivity contribution in [2.75, 3.05) is 19.7 Å². The molecule has 0 aliphatic heterocycles.